The fraction of sp³-hybridized carbons (Fsp3) is 0.182. The summed E-state index contributed by atoms with van der Waals surface area (Å²) < 4.78 is 16.4. The summed E-state index contributed by atoms with van der Waals surface area (Å²) in [4.78, 5) is 11.4. The van der Waals surface area contributed by atoms with E-state index in [0.29, 0.717) is 25.4 Å². The molecule has 0 amide bonds. The van der Waals surface area contributed by atoms with E-state index in [4.69, 9.17) is 14.2 Å². The highest BCUT2D eigenvalue weighted by atomic mass is 16.6. The number of ether oxygens (including phenoxy) is 3. The van der Waals surface area contributed by atoms with E-state index in [-0.39, 0.29) is 6.61 Å². The van der Waals surface area contributed by atoms with E-state index in [1.807, 2.05) is 30.3 Å². The fourth-order valence-electron chi connectivity index (χ4n) is 4.50. The number of carbonyl (C=O) groups is 1. The molecule has 37 heavy (non-hydrogen) atoms. The van der Waals surface area contributed by atoms with Crippen molar-refractivity contribution in [3.05, 3.63) is 150 Å². The summed E-state index contributed by atoms with van der Waals surface area (Å²) >= 11 is 0. The monoisotopic (exact) mass is 492 g/mol. The fourth-order valence-corrected chi connectivity index (χ4v) is 4.50. The normalized spacial score (nSPS) is 11.1. The van der Waals surface area contributed by atoms with Gasteiger partial charge in [-0.2, -0.15) is 0 Å². The minimum atomic E-state index is -0.480. The summed E-state index contributed by atoms with van der Waals surface area (Å²) in [5.74, 6) is 0.363. The molecule has 0 bridgehead atoms. The summed E-state index contributed by atoms with van der Waals surface area (Å²) in [6.07, 6.45) is 0. The van der Waals surface area contributed by atoms with Gasteiger partial charge in [-0.15, -0.1) is 0 Å². The van der Waals surface area contributed by atoms with Gasteiger partial charge in [0.15, 0.2) is 0 Å². The standard InChI is InChI=1S/C33H32O4/c1-26(2)32(34)37-25-23-35-22-24-36-31-20-18-30(19-21-31)33(27-12-6-3-7-13-27,28-14-8-4-9-15-28)29-16-10-5-11-17-29/h3-21H,1,22-25H2,2H3. The zero-order chi connectivity index (χ0) is 25.9. The maximum absolute atomic E-state index is 11.4. The van der Waals surface area contributed by atoms with Crippen LogP contribution in [0.3, 0.4) is 0 Å². The third-order valence-electron chi connectivity index (χ3n) is 6.21. The minimum Gasteiger partial charge on any atom is -0.491 e. The smallest absolute Gasteiger partial charge is 0.333 e. The topological polar surface area (TPSA) is 44.8 Å². The van der Waals surface area contributed by atoms with Gasteiger partial charge in [0.25, 0.3) is 0 Å². The summed E-state index contributed by atoms with van der Waals surface area (Å²) in [5.41, 5.74) is 4.64. The molecule has 4 nitrogen and oxygen atoms in total. The average molecular weight is 493 g/mol. The Morgan fingerprint density at radius 3 is 1.51 bits per heavy atom. The molecule has 0 N–H and O–H groups in total. The van der Waals surface area contributed by atoms with Crippen LogP contribution in [0.25, 0.3) is 0 Å². The highest BCUT2D eigenvalue weighted by molar-refractivity contribution is 5.86. The van der Waals surface area contributed by atoms with E-state index in [2.05, 4.69) is 91.5 Å². The van der Waals surface area contributed by atoms with Crippen LogP contribution in [-0.4, -0.2) is 32.4 Å². The Morgan fingerprint density at radius 1 is 0.622 bits per heavy atom. The number of rotatable bonds is 12. The molecule has 0 aromatic heterocycles. The van der Waals surface area contributed by atoms with Crippen LogP contribution < -0.4 is 4.74 Å². The first-order chi connectivity index (χ1) is 18.1. The van der Waals surface area contributed by atoms with E-state index < -0.39 is 11.4 Å². The van der Waals surface area contributed by atoms with Gasteiger partial charge in [-0.25, -0.2) is 4.79 Å². The molecule has 4 heteroatoms. The second-order valence-electron chi connectivity index (χ2n) is 8.75. The molecule has 0 aliphatic rings. The maximum Gasteiger partial charge on any atom is 0.333 e. The van der Waals surface area contributed by atoms with Crippen molar-refractivity contribution in [3.8, 4) is 5.75 Å². The molecule has 0 aliphatic carbocycles. The van der Waals surface area contributed by atoms with E-state index in [9.17, 15) is 4.79 Å². The molecular formula is C33H32O4. The largest absolute Gasteiger partial charge is 0.491 e. The molecule has 188 valence electrons. The van der Waals surface area contributed by atoms with Gasteiger partial charge in [0.05, 0.1) is 18.6 Å². The first-order valence-corrected chi connectivity index (χ1v) is 12.4. The van der Waals surface area contributed by atoms with Gasteiger partial charge in [-0.1, -0.05) is 110 Å². The first-order valence-electron chi connectivity index (χ1n) is 12.4. The number of esters is 1. The molecule has 0 saturated heterocycles. The predicted molar refractivity (Wildman–Crippen MR) is 147 cm³/mol. The van der Waals surface area contributed by atoms with Crippen molar-refractivity contribution >= 4 is 5.97 Å². The Hall–Kier alpha value is -4.15. The van der Waals surface area contributed by atoms with Crippen LogP contribution in [0.15, 0.2) is 127 Å². The van der Waals surface area contributed by atoms with Gasteiger partial charge in [-0.3, -0.25) is 0 Å². The van der Waals surface area contributed by atoms with E-state index in [0.717, 1.165) is 11.3 Å². The number of hydrogen-bond acceptors (Lipinski definition) is 4. The van der Waals surface area contributed by atoms with Gasteiger partial charge in [0, 0.05) is 5.57 Å². The van der Waals surface area contributed by atoms with Gasteiger partial charge < -0.3 is 14.2 Å². The summed E-state index contributed by atoms with van der Waals surface area (Å²) in [5, 5.41) is 0. The number of hydrogen-bond donors (Lipinski definition) is 0. The molecule has 4 aromatic carbocycles. The Bertz CT molecular complexity index is 1170. The number of carbonyl (C=O) groups excluding carboxylic acids is 1. The van der Waals surface area contributed by atoms with Crippen LogP contribution in [0.1, 0.15) is 29.2 Å². The van der Waals surface area contributed by atoms with Crippen molar-refractivity contribution in [1.29, 1.82) is 0 Å². The first kappa shape index (κ1) is 25.9. The third-order valence-corrected chi connectivity index (χ3v) is 6.21. The number of benzene rings is 4. The molecule has 4 aromatic rings. The lowest BCUT2D eigenvalue weighted by Crippen LogP contribution is -2.30. The van der Waals surface area contributed by atoms with E-state index in [1.54, 1.807) is 6.92 Å². The molecule has 0 aliphatic heterocycles. The lowest BCUT2D eigenvalue weighted by Gasteiger charge is -2.36. The molecule has 0 unspecified atom stereocenters. The highest BCUT2D eigenvalue weighted by Gasteiger charge is 2.38. The van der Waals surface area contributed by atoms with Gasteiger partial charge in [-0.05, 0) is 41.3 Å². The molecular weight excluding hydrogens is 460 g/mol. The van der Waals surface area contributed by atoms with Crippen molar-refractivity contribution in [2.75, 3.05) is 26.4 Å². The lowest BCUT2D eigenvalue weighted by atomic mass is 9.65. The van der Waals surface area contributed by atoms with E-state index >= 15 is 0 Å². The van der Waals surface area contributed by atoms with Crippen LogP contribution in [0, 0.1) is 0 Å². The average Bonchev–Trinajstić information content (AvgIpc) is 2.95. The zero-order valence-electron chi connectivity index (χ0n) is 21.1. The van der Waals surface area contributed by atoms with Gasteiger partial charge in [0.1, 0.15) is 19.0 Å². The van der Waals surface area contributed by atoms with Crippen molar-refractivity contribution < 1.29 is 19.0 Å². The van der Waals surface area contributed by atoms with Crippen molar-refractivity contribution in [2.24, 2.45) is 0 Å². The second kappa shape index (κ2) is 12.7. The summed E-state index contributed by atoms with van der Waals surface area (Å²) in [6, 6.07) is 40.1. The quantitative estimate of drug-likeness (QED) is 0.0969. The van der Waals surface area contributed by atoms with Crippen LogP contribution in [0.5, 0.6) is 5.75 Å². The maximum atomic E-state index is 11.4. The van der Waals surface area contributed by atoms with Crippen molar-refractivity contribution in [2.45, 2.75) is 12.3 Å². The van der Waals surface area contributed by atoms with Crippen LogP contribution in [0.2, 0.25) is 0 Å². The Kier molecular flexibility index (Phi) is 8.90. The molecule has 0 fully saturated rings. The van der Waals surface area contributed by atoms with Crippen LogP contribution in [0.4, 0.5) is 0 Å². The van der Waals surface area contributed by atoms with Gasteiger partial charge in [0.2, 0.25) is 0 Å². The second-order valence-corrected chi connectivity index (χ2v) is 8.75. The van der Waals surface area contributed by atoms with E-state index in [1.165, 1.54) is 16.7 Å². The van der Waals surface area contributed by atoms with Crippen LogP contribution >= 0.6 is 0 Å². The molecule has 0 atom stereocenters. The molecule has 0 saturated carbocycles. The molecule has 0 spiro atoms. The molecule has 0 heterocycles. The van der Waals surface area contributed by atoms with Crippen molar-refractivity contribution in [3.63, 3.8) is 0 Å². The third kappa shape index (κ3) is 6.16. The van der Waals surface area contributed by atoms with Gasteiger partial charge >= 0.3 is 5.97 Å². The summed E-state index contributed by atoms with van der Waals surface area (Å²) in [7, 11) is 0. The lowest BCUT2D eigenvalue weighted by molar-refractivity contribution is -0.140. The highest BCUT2D eigenvalue weighted by Crippen LogP contribution is 2.45. The Morgan fingerprint density at radius 2 is 1.05 bits per heavy atom. The Labute approximate surface area is 219 Å². The Balaban J connectivity index is 1.53. The zero-order valence-corrected chi connectivity index (χ0v) is 21.1. The van der Waals surface area contributed by atoms with Crippen LogP contribution in [-0.2, 0) is 19.7 Å². The SMILES string of the molecule is C=C(C)C(=O)OCCOCCOc1ccc(C(c2ccccc2)(c2ccccc2)c2ccccc2)cc1. The molecule has 4 rings (SSSR count). The summed E-state index contributed by atoms with van der Waals surface area (Å²) in [6.45, 7) is 6.48. The molecule has 0 radical (unpaired) electrons. The minimum absolute atomic E-state index is 0.195. The predicted octanol–water partition coefficient (Wildman–Crippen LogP) is 6.58. The van der Waals surface area contributed by atoms with Crippen molar-refractivity contribution in [1.82, 2.24) is 0 Å².